The van der Waals surface area contributed by atoms with E-state index in [4.69, 9.17) is 4.74 Å². The molecule has 0 spiro atoms. The predicted octanol–water partition coefficient (Wildman–Crippen LogP) is 5.00. The molecule has 0 unspecified atom stereocenters. The number of rotatable bonds is 5. The van der Waals surface area contributed by atoms with Gasteiger partial charge in [-0.25, -0.2) is 4.79 Å². The molecule has 2 rings (SSSR count). The molecule has 1 heterocycles. The van der Waals surface area contributed by atoms with E-state index >= 15 is 0 Å². The van der Waals surface area contributed by atoms with Crippen LogP contribution in [-0.4, -0.2) is 11.7 Å². The van der Waals surface area contributed by atoms with Gasteiger partial charge in [0, 0.05) is 28.5 Å². The van der Waals surface area contributed by atoms with E-state index in [1.54, 1.807) is 0 Å². The normalized spacial score (nSPS) is 11.4. The van der Waals surface area contributed by atoms with Crippen LogP contribution in [0.4, 0.5) is 10.5 Å². The van der Waals surface area contributed by atoms with Crippen LogP contribution in [0.5, 0.6) is 0 Å². The van der Waals surface area contributed by atoms with Gasteiger partial charge in [-0.1, -0.05) is 12.1 Å². The first-order chi connectivity index (χ1) is 11.2. The quantitative estimate of drug-likeness (QED) is 0.801. The minimum atomic E-state index is -0.494. The van der Waals surface area contributed by atoms with Crippen LogP contribution < -0.4 is 10.6 Å². The van der Waals surface area contributed by atoms with Crippen molar-refractivity contribution >= 4 is 23.1 Å². The summed E-state index contributed by atoms with van der Waals surface area (Å²) >= 11 is 1.83. The maximum Gasteiger partial charge on any atom is 0.412 e. The maximum atomic E-state index is 11.7. The summed E-state index contributed by atoms with van der Waals surface area (Å²) in [5, 5.41) is 6.20. The summed E-state index contributed by atoms with van der Waals surface area (Å²) in [5.41, 5.74) is 2.78. The monoisotopic (exact) mass is 346 g/mol. The van der Waals surface area contributed by atoms with E-state index in [1.807, 2.05) is 56.4 Å². The number of carbonyl (C=O) groups excluding carboxylic acids is 1. The van der Waals surface area contributed by atoms with Crippen molar-refractivity contribution < 1.29 is 9.53 Å². The first-order valence-corrected chi connectivity index (χ1v) is 8.90. The number of hydrogen-bond acceptors (Lipinski definition) is 4. The lowest BCUT2D eigenvalue weighted by atomic mass is 10.2. The van der Waals surface area contributed by atoms with Crippen molar-refractivity contribution in [2.24, 2.45) is 0 Å². The zero-order valence-corrected chi connectivity index (χ0v) is 15.8. The molecular weight excluding hydrogens is 320 g/mol. The molecule has 0 saturated carbocycles. The van der Waals surface area contributed by atoms with Gasteiger partial charge >= 0.3 is 6.09 Å². The lowest BCUT2D eigenvalue weighted by molar-refractivity contribution is 0.0636. The number of anilines is 1. The topological polar surface area (TPSA) is 50.4 Å². The molecule has 0 bridgehead atoms. The van der Waals surface area contributed by atoms with Crippen LogP contribution in [0.3, 0.4) is 0 Å². The molecular formula is C19H26N2O2S. The Kier molecular flexibility index (Phi) is 6.02. The fourth-order valence-corrected chi connectivity index (χ4v) is 3.27. The van der Waals surface area contributed by atoms with Gasteiger partial charge in [0.15, 0.2) is 0 Å². The number of aryl methyl sites for hydroxylation is 2. The van der Waals surface area contributed by atoms with Crippen LogP contribution in [0.2, 0.25) is 0 Å². The number of carbonyl (C=O) groups is 1. The summed E-state index contributed by atoms with van der Waals surface area (Å²) in [7, 11) is 0. The molecule has 1 aromatic carbocycles. The lowest BCUT2D eigenvalue weighted by Crippen LogP contribution is -2.27. The Morgan fingerprint density at radius 3 is 2.33 bits per heavy atom. The lowest BCUT2D eigenvalue weighted by Gasteiger charge is -2.19. The third-order valence-corrected chi connectivity index (χ3v) is 4.40. The Morgan fingerprint density at radius 2 is 1.79 bits per heavy atom. The van der Waals surface area contributed by atoms with Gasteiger partial charge in [-0.3, -0.25) is 5.32 Å². The Bertz CT molecular complexity index is 684. The van der Waals surface area contributed by atoms with Crippen molar-refractivity contribution in [2.75, 3.05) is 5.32 Å². The number of ether oxygens (including phenoxy) is 1. The largest absolute Gasteiger partial charge is 0.444 e. The minimum Gasteiger partial charge on any atom is -0.444 e. The highest BCUT2D eigenvalue weighted by Gasteiger charge is 2.16. The Labute approximate surface area is 148 Å². The second kappa shape index (κ2) is 7.81. The Hall–Kier alpha value is -1.85. The molecule has 0 aliphatic rings. The zero-order valence-electron chi connectivity index (χ0n) is 15.0. The van der Waals surface area contributed by atoms with Gasteiger partial charge < -0.3 is 10.1 Å². The second-order valence-corrected chi connectivity index (χ2v) is 8.33. The van der Waals surface area contributed by atoms with Gasteiger partial charge in [0.05, 0.1) is 0 Å². The van der Waals surface area contributed by atoms with E-state index in [1.165, 1.54) is 20.9 Å². The smallest absolute Gasteiger partial charge is 0.412 e. The Balaban J connectivity index is 1.81. The zero-order chi connectivity index (χ0) is 17.7. The number of nitrogens with one attached hydrogen (secondary N) is 2. The summed E-state index contributed by atoms with van der Waals surface area (Å²) in [6.45, 7) is 11.5. The number of hydrogen-bond donors (Lipinski definition) is 2. The van der Waals surface area contributed by atoms with Crippen molar-refractivity contribution in [3.63, 3.8) is 0 Å². The van der Waals surface area contributed by atoms with Gasteiger partial charge in [0.1, 0.15) is 5.60 Å². The van der Waals surface area contributed by atoms with Crippen molar-refractivity contribution in [1.29, 1.82) is 0 Å². The molecule has 2 N–H and O–H groups in total. The van der Waals surface area contributed by atoms with Crippen LogP contribution in [-0.2, 0) is 17.8 Å². The summed E-state index contributed by atoms with van der Waals surface area (Å²) in [5.74, 6) is 0. The van der Waals surface area contributed by atoms with Crippen LogP contribution >= 0.6 is 11.3 Å². The predicted molar refractivity (Wildman–Crippen MR) is 101 cm³/mol. The molecule has 24 heavy (non-hydrogen) atoms. The van der Waals surface area contributed by atoms with E-state index in [2.05, 4.69) is 30.5 Å². The number of thiophene rings is 1. The van der Waals surface area contributed by atoms with Crippen molar-refractivity contribution in [1.82, 2.24) is 5.32 Å². The highest BCUT2D eigenvalue weighted by atomic mass is 32.1. The number of amides is 1. The molecule has 130 valence electrons. The molecule has 0 fully saturated rings. The molecule has 5 heteroatoms. The minimum absolute atomic E-state index is 0.434. The molecule has 0 aliphatic carbocycles. The van der Waals surface area contributed by atoms with Gasteiger partial charge in [-0.2, -0.15) is 0 Å². The second-order valence-electron chi connectivity index (χ2n) is 6.87. The van der Waals surface area contributed by atoms with E-state index in [0.717, 1.165) is 18.8 Å². The van der Waals surface area contributed by atoms with Gasteiger partial charge in [0.25, 0.3) is 0 Å². The SMILES string of the molecule is Cc1cc(CNCc2ccc(NC(=O)OC(C)(C)C)cc2)c(C)s1. The first-order valence-electron chi connectivity index (χ1n) is 8.08. The van der Waals surface area contributed by atoms with E-state index in [-0.39, 0.29) is 0 Å². The van der Waals surface area contributed by atoms with Crippen LogP contribution in [0.25, 0.3) is 0 Å². The molecule has 4 nitrogen and oxygen atoms in total. The van der Waals surface area contributed by atoms with E-state index in [0.29, 0.717) is 0 Å². The summed E-state index contributed by atoms with van der Waals surface area (Å²) in [6.07, 6.45) is -0.434. The average molecular weight is 346 g/mol. The van der Waals surface area contributed by atoms with Crippen molar-refractivity contribution in [3.05, 3.63) is 51.2 Å². The molecule has 2 aromatic rings. The van der Waals surface area contributed by atoms with Gasteiger partial charge in [0.2, 0.25) is 0 Å². The van der Waals surface area contributed by atoms with E-state index < -0.39 is 11.7 Å². The highest BCUT2D eigenvalue weighted by molar-refractivity contribution is 7.12. The molecule has 1 amide bonds. The van der Waals surface area contributed by atoms with Crippen molar-refractivity contribution in [3.8, 4) is 0 Å². The van der Waals surface area contributed by atoms with Crippen LogP contribution in [0.1, 0.15) is 41.7 Å². The third kappa shape index (κ3) is 5.98. The maximum absolute atomic E-state index is 11.7. The fraction of sp³-hybridized carbons (Fsp3) is 0.421. The highest BCUT2D eigenvalue weighted by Crippen LogP contribution is 2.20. The van der Waals surface area contributed by atoms with Crippen molar-refractivity contribution in [2.45, 2.75) is 53.3 Å². The third-order valence-electron chi connectivity index (χ3n) is 3.39. The fourth-order valence-electron chi connectivity index (χ4n) is 2.33. The summed E-state index contributed by atoms with van der Waals surface area (Å²) in [6, 6.07) is 10.0. The standard InChI is InChI=1S/C19H26N2O2S/c1-13-10-16(14(2)24-13)12-20-11-15-6-8-17(9-7-15)21-18(22)23-19(3,4)5/h6-10,20H,11-12H2,1-5H3,(H,21,22). The average Bonchev–Trinajstić information content (AvgIpc) is 2.77. The van der Waals surface area contributed by atoms with Gasteiger partial charge in [-0.15, -0.1) is 11.3 Å². The summed E-state index contributed by atoms with van der Waals surface area (Å²) in [4.78, 5) is 14.5. The molecule has 0 atom stereocenters. The van der Waals surface area contributed by atoms with E-state index in [9.17, 15) is 4.79 Å². The molecule has 0 radical (unpaired) electrons. The molecule has 0 aliphatic heterocycles. The molecule has 1 aromatic heterocycles. The number of benzene rings is 1. The first kappa shape index (κ1) is 18.5. The summed E-state index contributed by atoms with van der Waals surface area (Å²) < 4.78 is 5.24. The van der Waals surface area contributed by atoms with Crippen LogP contribution in [0, 0.1) is 13.8 Å². The molecule has 0 saturated heterocycles. The Morgan fingerprint density at radius 1 is 1.12 bits per heavy atom. The van der Waals surface area contributed by atoms with Crippen LogP contribution in [0.15, 0.2) is 30.3 Å². The van der Waals surface area contributed by atoms with Gasteiger partial charge in [-0.05, 0) is 63.9 Å².